The molecule has 1 aliphatic heterocycles. The van der Waals surface area contributed by atoms with E-state index in [-0.39, 0.29) is 11.3 Å². The highest BCUT2D eigenvalue weighted by molar-refractivity contribution is 5.82. The van der Waals surface area contributed by atoms with Crippen LogP contribution in [0.4, 0.5) is 0 Å². The van der Waals surface area contributed by atoms with Crippen LogP contribution in [-0.2, 0) is 11.2 Å². The molecule has 1 unspecified atom stereocenters. The Bertz CT molecular complexity index is 422. The normalized spacial score (nSPS) is 19.4. The van der Waals surface area contributed by atoms with Crippen molar-refractivity contribution in [3.63, 3.8) is 0 Å². The molecule has 3 nitrogen and oxygen atoms in total. The van der Waals surface area contributed by atoms with E-state index in [1.807, 2.05) is 44.0 Å². The van der Waals surface area contributed by atoms with Crippen molar-refractivity contribution >= 4 is 5.91 Å². The molecule has 1 aromatic rings. The summed E-state index contributed by atoms with van der Waals surface area (Å²) in [5.41, 5.74) is 0.873. The van der Waals surface area contributed by atoms with Crippen LogP contribution in [0.3, 0.4) is 0 Å². The summed E-state index contributed by atoms with van der Waals surface area (Å²) in [4.78, 5) is 14.6. The number of hydrogen-bond acceptors (Lipinski definition) is 2. The number of amides is 1. The Labute approximate surface area is 116 Å². The highest BCUT2D eigenvalue weighted by atomic mass is 16.2. The van der Waals surface area contributed by atoms with Crippen LogP contribution in [0.25, 0.3) is 0 Å². The summed E-state index contributed by atoms with van der Waals surface area (Å²) in [5.74, 6) is 0.241. The van der Waals surface area contributed by atoms with E-state index in [0.717, 1.165) is 25.9 Å². The fraction of sp³-hybridized carbons (Fsp3) is 0.562. The van der Waals surface area contributed by atoms with Gasteiger partial charge in [-0.2, -0.15) is 0 Å². The molecule has 1 fully saturated rings. The standard InChI is InChI=1S/C16H24N2O/c1-16(2,11-13-7-5-4-6-8-13)15(19)18(3)14-9-10-17-12-14/h4-8,14,17H,9-12H2,1-3H3. The lowest BCUT2D eigenvalue weighted by Crippen LogP contribution is -2.46. The van der Waals surface area contributed by atoms with Gasteiger partial charge in [0.25, 0.3) is 0 Å². The summed E-state index contributed by atoms with van der Waals surface area (Å²) >= 11 is 0. The van der Waals surface area contributed by atoms with Crippen LogP contribution in [0.15, 0.2) is 30.3 Å². The maximum absolute atomic E-state index is 12.7. The van der Waals surface area contributed by atoms with Gasteiger partial charge in [-0.05, 0) is 24.9 Å². The van der Waals surface area contributed by atoms with E-state index in [2.05, 4.69) is 17.4 Å². The molecule has 1 heterocycles. The SMILES string of the molecule is CN(C(=O)C(C)(C)Cc1ccccc1)C1CCNC1. The predicted molar refractivity (Wildman–Crippen MR) is 78.0 cm³/mol. The van der Waals surface area contributed by atoms with Gasteiger partial charge >= 0.3 is 0 Å². The van der Waals surface area contributed by atoms with Crippen molar-refractivity contribution in [1.29, 1.82) is 0 Å². The lowest BCUT2D eigenvalue weighted by molar-refractivity contribution is -0.140. The number of carbonyl (C=O) groups is 1. The third-order valence-electron chi connectivity index (χ3n) is 3.97. The van der Waals surface area contributed by atoms with Crippen LogP contribution in [0.5, 0.6) is 0 Å². The van der Waals surface area contributed by atoms with Gasteiger partial charge in [-0.3, -0.25) is 4.79 Å². The van der Waals surface area contributed by atoms with Crippen molar-refractivity contribution < 1.29 is 4.79 Å². The Morgan fingerprint density at radius 2 is 2.05 bits per heavy atom. The molecule has 2 rings (SSSR count). The number of nitrogens with one attached hydrogen (secondary N) is 1. The van der Waals surface area contributed by atoms with Gasteiger partial charge in [-0.1, -0.05) is 44.2 Å². The molecule has 104 valence electrons. The maximum Gasteiger partial charge on any atom is 0.228 e. The molecule has 1 amide bonds. The molecule has 19 heavy (non-hydrogen) atoms. The highest BCUT2D eigenvalue weighted by Crippen LogP contribution is 2.25. The molecule has 1 aliphatic rings. The fourth-order valence-corrected chi connectivity index (χ4v) is 2.80. The van der Waals surface area contributed by atoms with Gasteiger partial charge in [0.15, 0.2) is 0 Å². The van der Waals surface area contributed by atoms with Gasteiger partial charge in [0, 0.05) is 25.0 Å². The van der Waals surface area contributed by atoms with E-state index in [9.17, 15) is 4.79 Å². The van der Waals surface area contributed by atoms with Crippen molar-refractivity contribution in [2.24, 2.45) is 5.41 Å². The minimum absolute atomic E-state index is 0.241. The van der Waals surface area contributed by atoms with Gasteiger partial charge in [0.1, 0.15) is 0 Å². The van der Waals surface area contributed by atoms with E-state index in [1.54, 1.807) is 0 Å². The minimum atomic E-state index is -0.349. The topological polar surface area (TPSA) is 32.3 Å². The Hall–Kier alpha value is -1.35. The average Bonchev–Trinajstić information content (AvgIpc) is 2.91. The van der Waals surface area contributed by atoms with Crippen molar-refractivity contribution in [2.75, 3.05) is 20.1 Å². The van der Waals surface area contributed by atoms with Gasteiger partial charge in [-0.15, -0.1) is 0 Å². The van der Waals surface area contributed by atoms with Gasteiger partial charge in [0.2, 0.25) is 5.91 Å². The third kappa shape index (κ3) is 3.35. The number of carbonyl (C=O) groups excluding carboxylic acids is 1. The van der Waals surface area contributed by atoms with Crippen molar-refractivity contribution in [3.8, 4) is 0 Å². The summed E-state index contributed by atoms with van der Waals surface area (Å²) < 4.78 is 0. The monoisotopic (exact) mass is 260 g/mol. The summed E-state index contributed by atoms with van der Waals surface area (Å²) in [6.07, 6.45) is 1.85. The zero-order chi connectivity index (χ0) is 13.9. The smallest absolute Gasteiger partial charge is 0.228 e. The molecule has 3 heteroatoms. The molecule has 0 aromatic heterocycles. The van der Waals surface area contributed by atoms with E-state index >= 15 is 0 Å². The lowest BCUT2D eigenvalue weighted by atomic mass is 9.84. The van der Waals surface area contributed by atoms with E-state index in [0.29, 0.717) is 6.04 Å². The van der Waals surface area contributed by atoms with Gasteiger partial charge in [-0.25, -0.2) is 0 Å². The predicted octanol–water partition coefficient (Wildman–Crippen LogP) is 2.08. The Balaban J connectivity index is 2.03. The lowest BCUT2D eigenvalue weighted by Gasteiger charge is -2.33. The van der Waals surface area contributed by atoms with E-state index in [4.69, 9.17) is 0 Å². The number of nitrogens with zero attached hydrogens (tertiary/aromatic N) is 1. The van der Waals surface area contributed by atoms with E-state index < -0.39 is 0 Å². The Morgan fingerprint density at radius 3 is 2.63 bits per heavy atom. The summed E-state index contributed by atoms with van der Waals surface area (Å²) in [6.45, 7) is 6.02. The second kappa shape index (κ2) is 5.74. The van der Waals surface area contributed by atoms with Gasteiger partial charge < -0.3 is 10.2 Å². The van der Waals surface area contributed by atoms with Crippen LogP contribution in [0.1, 0.15) is 25.8 Å². The van der Waals surface area contributed by atoms with E-state index in [1.165, 1.54) is 5.56 Å². The molecular weight excluding hydrogens is 236 g/mol. The molecule has 1 aromatic carbocycles. The maximum atomic E-state index is 12.7. The summed E-state index contributed by atoms with van der Waals surface area (Å²) in [6, 6.07) is 10.6. The largest absolute Gasteiger partial charge is 0.341 e. The fourth-order valence-electron chi connectivity index (χ4n) is 2.80. The third-order valence-corrected chi connectivity index (χ3v) is 3.97. The molecule has 1 N–H and O–H groups in total. The van der Waals surface area contributed by atoms with Gasteiger partial charge in [0.05, 0.1) is 0 Å². The average molecular weight is 260 g/mol. The zero-order valence-corrected chi connectivity index (χ0v) is 12.1. The number of benzene rings is 1. The minimum Gasteiger partial charge on any atom is -0.341 e. The first-order chi connectivity index (χ1) is 9.00. The molecule has 1 atom stereocenters. The first-order valence-electron chi connectivity index (χ1n) is 7.02. The summed E-state index contributed by atoms with van der Waals surface area (Å²) in [5, 5.41) is 3.32. The molecule has 0 aliphatic carbocycles. The van der Waals surface area contributed by atoms with Crippen LogP contribution in [0.2, 0.25) is 0 Å². The molecular formula is C16H24N2O. The molecule has 0 bridgehead atoms. The van der Waals surface area contributed by atoms with Crippen molar-refractivity contribution in [2.45, 2.75) is 32.7 Å². The Morgan fingerprint density at radius 1 is 1.37 bits per heavy atom. The molecule has 0 radical (unpaired) electrons. The van der Waals surface area contributed by atoms with Crippen molar-refractivity contribution in [3.05, 3.63) is 35.9 Å². The second-order valence-electron chi connectivity index (χ2n) is 6.11. The van der Waals surface area contributed by atoms with Crippen LogP contribution >= 0.6 is 0 Å². The first kappa shape index (κ1) is 14.1. The number of likely N-dealkylation sites (N-methyl/N-ethyl adjacent to an activating group) is 1. The number of hydrogen-bond donors (Lipinski definition) is 1. The number of rotatable bonds is 4. The van der Waals surface area contributed by atoms with Crippen LogP contribution in [-0.4, -0.2) is 37.0 Å². The van der Waals surface area contributed by atoms with Crippen molar-refractivity contribution in [1.82, 2.24) is 10.2 Å². The Kier molecular flexibility index (Phi) is 4.25. The molecule has 1 saturated heterocycles. The van der Waals surface area contributed by atoms with Crippen LogP contribution in [0, 0.1) is 5.41 Å². The highest BCUT2D eigenvalue weighted by Gasteiger charge is 2.34. The molecule has 0 spiro atoms. The second-order valence-corrected chi connectivity index (χ2v) is 6.11. The first-order valence-corrected chi connectivity index (χ1v) is 7.02. The summed E-state index contributed by atoms with van der Waals surface area (Å²) in [7, 11) is 1.94. The quantitative estimate of drug-likeness (QED) is 0.899. The zero-order valence-electron chi connectivity index (χ0n) is 12.1. The molecule has 0 saturated carbocycles. The van der Waals surface area contributed by atoms with Crippen LogP contribution < -0.4 is 5.32 Å².